The van der Waals surface area contributed by atoms with Crippen LogP contribution in [0.5, 0.6) is 5.19 Å². The van der Waals surface area contributed by atoms with Crippen LogP contribution in [0.4, 0.5) is 0 Å². The molecule has 1 aromatic rings. The first-order valence-corrected chi connectivity index (χ1v) is 4.86. The Bertz CT molecular complexity index is 274. The second kappa shape index (κ2) is 3.03. The standard InChI is InChI=1S/C8H11NO2S/c1-11-8-9-6(4-12-8)5-2-3-7(5)10/h4-5,7,10H,2-3H2,1H3. The predicted octanol–water partition coefficient (Wildman–Crippen LogP) is 1.39. The van der Waals surface area contributed by atoms with Gasteiger partial charge in [0.2, 0.25) is 0 Å². The first-order chi connectivity index (χ1) is 5.81. The van der Waals surface area contributed by atoms with Gasteiger partial charge in [-0.05, 0) is 12.8 Å². The highest BCUT2D eigenvalue weighted by Gasteiger charge is 2.32. The first-order valence-electron chi connectivity index (χ1n) is 3.98. The van der Waals surface area contributed by atoms with Crippen molar-refractivity contribution >= 4 is 11.3 Å². The number of hydrogen-bond donors (Lipinski definition) is 1. The molecule has 1 saturated carbocycles. The van der Waals surface area contributed by atoms with Crippen molar-refractivity contribution in [3.05, 3.63) is 11.1 Å². The van der Waals surface area contributed by atoms with Gasteiger partial charge in [0, 0.05) is 11.3 Å². The van der Waals surface area contributed by atoms with Crippen molar-refractivity contribution in [2.24, 2.45) is 0 Å². The molecule has 0 bridgehead atoms. The molecule has 1 N–H and O–H groups in total. The lowest BCUT2D eigenvalue weighted by atomic mass is 9.80. The summed E-state index contributed by atoms with van der Waals surface area (Å²) in [7, 11) is 1.61. The van der Waals surface area contributed by atoms with Crippen molar-refractivity contribution in [2.75, 3.05) is 7.11 Å². The summed E-state index contributed by atoms with van der Waals surface area (Å²) in [6, 6.07) is 0. The Morgan fingerprint density at radius 1 is 1.67 bits per heavy atom. The van der Waals surface area contributed by atoms with Crippen molar-refractivity contribution in [3.63, 3.8) is 0 Å². The maximum atomic E-state index is 9.37. The highest BCUT2D eigenvalue weighted by molar-refractivity contribution is 7.11. The molecule has 0 aromatic carbocycles. The summed E-state index contributed by atoms with van der Waals surface area (Å²) in [5.74, 6) is 0.255. The van der Waals surface area contributed by atoms with E-state index < -0.39 is 0 Å². The molecule has 1 aliphatic carbocycles. The zero-order valence-corrected chi connectivity index (χ0v) is 7.67. The Morgan fingerprint density at radius 2 is 2.50 bits per heavy atom. The molecule has 0 amide bonds. The van der Waals surface area contributed by atoms with E-state index in [-0.39, 0.29) is 12.0 Å². The largest absolute Gasteiger partial charge is 0.473 e. The Kier molecular flexibility index (Phi) is 2.02. The molecule has 12 heavy (non-hydrogen) atoms. The molecule has 3 nitrogen and oxygen atoms in total. The minimum absolute atomic E-state index is 0.184. The maximum absolute atomic E-state index is 9.37. The number of aromatic nitrogens is 1. The molecule has 2 unspecified atom stereocenters. The van der Waals surface area contributed by atoms with E-state index in [2.05, 4.69) is 4.98 Å². The van der Waals surface area contributed by atoms with Crippen LogP contribution in [0.3, 0.4) is 0 Å². The first kappa shape index (κ1) is 8.01. The van der Waals surface area contributed by atoms with E-state index in [1.165, 1.54) is 11.3 Å². The van der Waals surface area contributed by atoms with Crippen LogP contribution < -0.4 is 4.74 Å². The van der Waals surface area contributed by atoms with E-state index in [0.29, 0.717) is 5.19 Å². The second-order valence-electron chi connectivity index (χ2n) is 2.99. The molecule has 1 aliphatic rings. The summed E-state index contributed by atoms with van der Waals surface area (Å²) in [5.41, 5.74) is 0.982. The van der Waals surface area contributed by atoms with E-state index in [0.717, 1.165) is 18.5 Å². The summed E-state index contributed by atoms with van der Waals surface area (Å²) < 4.78 is 4.97. The molecule has 2 atom stereocenters. The molecule has 2 rings (SSSR count). The predicted molar refractivity (Wildman–Crippen MR) is 46.6 cm³/mol. The summed E-state index contributed by atoms with van der Waals surface area (Å²) in [4.78, 5) is 4.24. The van der Waals surface area contributed by atoms with Crippen LogP contribution in [0.1, 0.15) is 24.5 Å². The van der Waals surface area contributed by atoms with Gasteiger partial charge in [0.25, 0.3) is 5.19 Å². The topological polar surface area (TPSA) is 42.4 Å². The fourth-order valence-electron chi connectivity index (χ4n) is 1.36. The number of ether oxygens (including phenoxy) is 1. The molecular formula is C8H11NO2S. The maximum Gasteiger partial charge on any atom is 0.273 e. The normalized spacial score (nSPS) is 28.2. The van der Waals surface area contributed by atoms with E-state index in [1.807, 2.05) is 5.38 Å². The molecule has 4 heteroatoms. The zero-order valence-electron chi connectivity index (χ0n) is 6.86. The number of methoxy groups -OCH3 is 1. The van der Waals surface area contributed by atoms with Crippen molar-refractivity contribution < 1.29 is 9.84 Å². The average Bonchev–Trinajstić information content (AvgIpc) is 2.50. The Morgan fingerprint density at radius 3 is 2.92 bits per heavy atom. The minimum atomic E-state index is -0.184. The summed E-state index contributed by atoms with van der Waals surface area (Å²) in [5, 5.41) is 12.0. The van der Waals surface area contributed by atoms with Gasteiger partial charge in [0.15, 0.2) is 0 Å². The number of thiazole rings is 1. The number of rotatable bonds is 2. The van der Waals surface area contributed by atoms with Crippen molar-refractivity contribution in [3.8, 4) is 5.19 Å². The van der Waals surface area contributed by atoms with Gasteiger partial charge in [-0.15, -0.1) is 0 Å². The highest BCUT2D eigenvalue weighted by Crippen LogP contribution is 2.38. The molecular weight excluding hydrogens is 174 g/mol. The van der Waals surface area contributed by atoms with Crippen LogP contribution in [-0.4, -0.2) is 23.3 Å². The third-order valence-corrected chi connectivity index (χ3v) is 3.11. The molecule has 1 heterocycles. The fraction of sp³-hybridized carbons (Fsp3) is 0.625. The molecule has 0 spiro atoms. The van der Waals surface area contributed by atoms with Gasteiger partial charge in [-0.2, -0.15) is 0 Å². The van der Waals surface area contributed by atoms with Crippen molar-refractivity contribution in [2.45, 2.75) is 24.9 Å². The Labute approximate surface area is 75.0 Å². The lowest BCUT2D eigenvalue weighted by molar-refractivity contribution is 0.0643. The third-order valence-electron chi connectivity index (χ3n) is 2.29. The molecule has 66 valence electrons. The van der Waals surface area contributed by atoms with Gasteiger partial charge in [-0.3, -0.25) is 0 Å². The van der Waals surface area contributed by atoms with E-state index >= 15 is 0 Å². The zero-order chi connectivity index (χ0) is 8.55. The average molecular weight is 185 g/mol. The molecule has 1 aromatic heterocycles. The fourth-order valence-corrected chi connectivity index (χ4v) is 2.06. The third kappa shape index (κ3) is 1.21. The van der Waals surface area contributed by atoms with Crippen LogP contribution in [0.2, 0.25) is 0 Å². The number of aliphatic hydroxyl groups is 1. The number of nitrogens with zero attached hydrogens (tertiary/aromatic N) is 1. The monoisotopic (exact) mass is 185 g/mol. The van der Waals surface area contributed by atoms with Gasteiger partial charge in [-0.25, -0.2) is 4.98 Å². The SMILES string of the molecule is COc1nc(C2CCC2O)cs1. The Balaban J connectivity index is 2.12. The summed E-state index contributed by atoms with van der Waals surface area (Å²) in [6.45, 7) is 0. The van der Waals surface area contributed by atoms with E-state index in [4.69, 9.17) is 4.74 Å². The molecule has 1 fully saturated rings. The lowest BCUT2D eigenvalue weighted by Crippen LogP contribution is -2.29. The highest BCUT2D eigenvalue weighted by atomic mass is 32.1. The summed E-state index contributed by atoms with van der Waals surface area (Å²) >= 11 is 1.48. The molecule has 0 saturated heterocycles. The van der Waals surface area contributed by atoms with Crippen molar-refractivity contribution in [1.82, 2.24) is 4.98 Å². The van der Waals surface area contributed by atoms with E-state index in [1.54, 1.807) is 7.11 Å². The van der Waals surface area contributed by atoms with E-state index in [9.17, 15) is 5.11 Å². The van der Waals surface area contributed by atoms with Gasteiger partial charge < -0.3 is 9.84 Å². The minimum Gasteiger partial charge on any atom is -0.473 e. The van der Waals surface area contributed by atoms with Crippen molar-refractivity contribution in [1.29, 1.82) is 0 Å². The van der Waals surface area contributed by atoms with Gasteiger partial charge in [-0.1, -0.05) is 11.3 Å². The summed E-state index contributed by atoms with van der Waals surface area (Å²) in [6.07, 6.45) is 1.77. The van der Waals surface area contributed by atoms with Crippen LogP contribution >= 0.6 is 11.3 Å². The van der Waals surface area contributed by atoms with Gasteiger partial charge in [0.1, 0.15) is 0 Å². The van der Waals surface area contributed by atoms with Crippen LogP contribution in [0.25, 0.3) is 0 Å². The Hall–Kier alpha value is -0.610. The van der Waals surface area contributed by atoms with Gasteiger partial charge in [0.05, 0.1) is 18.9 Å². The van der Waals surface area contributed by atoms with Crippen LogP contribution in [0, 0.1) is 0 Å². The number of hydrogen-bond acceptors (Lipinski definition) is 4. The second-order valence-corrected chi connectivity index (χ2v) is 3.81. The quantitative estimate of drug-likeness (QED) is 0.757. The molecule has 0 radical (unpaired) electrons. The smallest absolute Gasteiger partial charge is 0.273 e. The van der Waals surface area contributed by atoms with Gasteiger partial charge >= 0.3 is 0 Å². The van der Waals surface area contributed by atoms with Crippen LogP contribution in [-0.2, 0) is 0 Å². The van der Waals surface area contributed by atoms with Crippen LogP contribution in [0.15, 0.2) is 5.38 Å². The lowest BCUT2D eigenvalue weighted by Gasteiger charge is -2.30. The molecule has 0 aliphatic heterocycles. The number of aliphatic hydroxyl groups excluding tert-OH is 1.